The lowest BCUT2D eigenvalue weighted by Gasteiger charge is -2.28. The molecule has 0 unspecified atom stereocenters. The van der Waals surface area contributed by atoms with Crippen molar-refractivity contribution in [1.29, 1.82) is 0 Å². The van der Waals surface area contributed by atoms with Crippen LogP contribution in [0, 0.1) is 5.82 Å². The predicted octanol–water partition coefficient (Wildman–Crippen LogP) is 1.27. The number of hydrogen-bond acceptors (Lipinski definition) is 5. The van der Waals surface area contributed by atoms with E-state index in [-0.39, 0.29) is 5.69 Å². The van der Waals surface area contributed by atoms with Crippen molar-refractivity contribution < 1.29 is 37.7 Å². The highest BCUT2D eigenvalue weighted by molar-refractivity contribution is 8.00. The number of thioether (sulfide) groups is 1. The van der Waals surface area contributed by atoms with Crippen LogP contribution in [0.2, 0.25) is 0 Å². The van der Waals surface area contributed by atoms with E-state index in [0.717, 1.165) is 18.2 Å². The fourth-order valence-corrected chi connectivity index (χ4v) is 2.06. The molecule has 0 aliphatic carbocycles. The van der Waals surface area contributed by atoms with Crippen molar-refractivity contribution in [3.8, 4) is 0 Å². The van der Waals surface area contributed by atoms with E-state index in [1.165, 1.54) is 0 Å². The Hall–Kier alpha value is -1.56. The molecule has 0 atom stereocenters. The molecule has 0 heterocycles. The van der Waals surface area contributed by atoms with Gasteiger partial charge in [-0.15, -0.1) is 0 Å². The lowest BCUT2D eigenvalue weighted by atomic mass is 10.0. The highest BCUT2D eigenvalue weighted by Gasteiger charge is 2.32. The van der Waals surface area contributed by atoms with E-state index in [9.17, 15) is 22.4 Å². The molecule has 6 nitrogen and oxygen atoms in total. The third-order valence-corrected chi connectivity index (χ3v) is 3.47. The van der Waals surface area contributed by atoms with Gasteiger partial charge < -0.3 is 26.0 Å². The normalized spacial score (nSPS) is 12.1. The largest absolute Gasteiger partial charge is 0.446 e. The summed E-state index contributed by atoms with van der Waals surface area (Å²) in [6.45, 7) is -2.32. The molecule has 0 bridgehead atoms. The summed E-state index contributed by atoms with van der Waals surface area (Å²) in [6.07, 6.45) is 0. The SMILES string of the molecule is O=C(Nc1ccc(F)c(SC(F)(F)F)c1)NC(CO)(CO)CO. The molecule has 2 amide bonds. The summed E-state index contributed by atoms with van der Waals surface area (Å²) in [5, 5.41) is 31.4. The minimum absolute atomic E-state index is 0.140. The smallest absolute Gasteiger partial charge is 0.394 e. The van der Waals surface area contributed by atoms with Crippen molar-refractivity contribution >= 4 is 23.5 Å². The van der Waals surface area contributed by atoms with Crippen molar-refractivity contribution in [1.82, 2.24) is 5.32 Å². The topological polar surface area (TPSA) is 102 Å². The molecule has 0 fully saturated rings. The molecular formula is C12H14F4N2O4S. The summed E-state index contributed by atoms with van der Waals surface area (Å²) in [6, 6.07) is 1.57. The van der Waals surface area contributed by atoms with Crippen LogP contribution in [0.3, 0.4) is 0 Å². The Bertz CT molecular complexity index is 544. The van der Waals surface area contributed by atoms with E-state index < -0.39 is 59.4 Å². The van der Waals surface area contributed by atoms with E-state index in [1.54, 1.807) is 0 Å². The molecule has 1 aromatic carbocycles. The third-order valence-electron chi connectivity index (χ3n) is 2.70. The first-order valence-electron chi connectivity index (χ1n) is 6.12. The third kappa shape index (κ3) is 5.86. The number of nitrogens with one attached hydrogen (secondary N) is 2. The monoisotopic (exact) mass is 358 g/mol. The summed E-state index contributed by atoms with van der Waals surface area (Å²) < 4.78 is 50.2. The molecule has 0 spiro atoms. The van der Waals surface area contributed by atoms with Gasteiger partial charge in [0.25, 0.3) is 0 Å². The Balaban J connectivity index is 2.85. The number of hydrogen-bond donors (Lipinski definition) is 5. The average molecular weight is 358 g/mol. The molecule has 0 aliphatic heterocycles. The number of aliphatic hydroxyl groups excluding tert-OH is 3. The van der Waals surface area contributed by atoms with Crippen molar-refractivity contribution in [2.75, 3.05) is 25.1 Å². The number of halogens is 4. The fourth-order valence-electron chi connectivity index (χ4n) is 1.46. The first-order valence-corrected chi connectivity index (χ1v) is 6.93. The maximum Gasteiger partial charge on any atom is 0.446 e. The number of urea groups is 1. The molecule has 23 heavy (non-hydrogen) atoms. The molecule has 0 saturated carbocycles. The Kier molecular flexibility index (Phi) is 6.62. The molecule has 0 radical (unpaired) electrons. The van der Waals surface area contributed by atoms with E-state index in [1.807, 2.05) is 0 Å². The van der Waals surface area contributed by atoms with Crippen molar-refractivity contribution in [2.45, 2.75) is 15.9 Å². The summed E-state index contributed by atoms with van der Waals surface area (Å²) in [4.78, 5) is 11.0. The van der Waals surface area contributed by atoms with E-state index in [4.69, 9.17) is 15.3 Å². The van der Waals surface area contributed by atoms with Crippen LogP contribution in [-0.2, 0) is 0 Å². The van der Waals surface area contributed by atoms with Crippen LogP contribution in [0.5, 0.6) is 0 Å². The first kappa shape index (κ1) is 19.5. The number of amides is 2. The van der Waals surface area contributed by atoms with Crippen LogP contribution < -0.4 is 10.6 Å². The second-order valence-electron chi connectivity index (χ2n) is 4.53. The average Bonchev–Trinajstić information content (AvgIpc) is 2.47. The lowest BCUT2D eigenvalue weighted by molar-refractivity contribution is -0.0329. The number of rotatable bonds is 6. The predicted molar refractivity (Wildman–Crippen MR) is 74.5 cm³/mol. The number of alkyl halides is 3. The summed E-state index contributed by atoms with van der Waals surface area (Å²) in [5.74, 6) is -1.10. The van der Waals surface area contributed by atoms with Gasteiger partial charge in [0.05, 0.1) is 24.7 Å². The summed E-state index contributed by atoms with van der Waals surface area (Å²) >= 11 is -0.671. The zero-order chi connectivity index (χ0) is 17.7. The molecule has 0 aliphatic rings. The minimum atomic E-state index is -4.69. The molecule has 1 rings (SSSR count). The van der Waals surface area contributed by atoms with Gasteiger partial charge >= 0.3 is 11.5 Å². The Labute approximate surface area is 132 Å². The van der Waals surface area contributed by atoms with Gasteiger partial charge in [0.15, 0.2) is 0 Å². The number of benzene rings is 1. The zero-order valence-electron chi connectivity index (χ0n) is 11.5. The first-order chi connectivity index (χ1) is 10.6. The van der Waals surface area contributed by atoms with Gasteiger partial charge in [-0.05, 0) is 30.0 Å². The molecule has 5 N–H and O–H groups in total. The van der Waals surface area contributed by atoms with Crippen LogP contribution in [0.25, 0.3) is 0 Å². The zero-order valence-corrected chi connectivity index (χ0v) is 12.3. The van der Waals surface area contributed by atoms with Gasteiger partial charge in [-0.3, -0.25) is 0 Å². The standard InChI is InChI=1S/C12H14F4N2O4S/c13-8-2-1-7(3-9(8)23-12(14,15)16)17-10(22)18-11(4-19,5-20)6-21/h1-3,19-21H,4-6H2,(H2,17,18,22). The van der Waals surface area contributed by atoms with E-state index in [0.29, 0.717) is 0 Å². The second kappa shape index (κ2) is 7.81. The van der Waals surface area contributed by atoms with Crippen LogP contribution in [0.15, 0.2) is 23.1 Å². The van der Waals surface area contributed by atoms with Crippen LogP contribution in [-0.4, -0.2) is 52.2 Å². The van der Waals surface area contributed by atoms with Gasteiger partial charge in [0.2, 0.25) is 0 Å². The van der Waals surface area contributed by atoms with Gasteiger partial charge in [-0.2, -0.15) is 13.2 Å². The maximum atomic E-state index is 13.3. The number of anilines is 1. The minimum Gasteiger partial charge on any atom is -0.394 e. The molecular weight excluding hydrogens is 344 g/mol. The van der Waals surface area contributed by atoms with Crippen LogP contribution in [0.4, 0.5) is 28.0 Å². The highest BCUT2D eigenvalue weighted by atomic mass is 32.2. The summed E-state index contributed by atoms with van der Waals surface area (Å²) in [5.41, 5.74) is -6.53. The van der Waals surface area contributed by atoms with Crippen LogP contribution >= 0.6 is 11.8 Å². The summed E-state index contributed by atoms with van der Waals surface area (Å²) in [7, 11) is 0. The quantitative estimate of drug-likeness (QED) is 0.389. The number of carbonyl (C=O) groups excluding carboxylic acids is 1. The highest BCUT2D eigenvalue weighted by Crippen LogP contribution is 2.39. The number of carbonyl (C=O) groups is 1. The fraction of sp³-hybridized carbons (Fsp3) is 0.417. The Morgan fingerprint density at radius 3 is 2.17 bits per heavy atom. The van der Waals surface area contributed by atoms with Crippen molar-refractivity contribution in [3.05, 3.63) is 24.0 Å². The molecule has 11 heteroatoms. The Morgan fingerprint density at radius 1 is 1.13 bits per heavy atom. The van der Waals surface area contributed by atoms with E-state index >= 15 is 0 Å². The van der Waals surface area contributed by atoms with Crippen LogP contribution in [0.1, 0.15) is 0 Å². The van der Waals surface area contributed by atoms with Gasteiger partial charge in [-0.25, -0.2) is 9.18 Å². The lowest BCUT2D eigenvalue weighted by Crippen LogP contribution is -2.58. The second-order valence-corrected chi connectivity index (χ2v) is 5.63. The van der Waals surface area contributed by atoms with E-state index in [2.05, 4.69) is 10.6 Å². The van der Waals surface area contributed by atoms with Gasteiger partial charge in [0.1, 0.15) is 11.4 Å². The molecule has 1 aromatic rings. The Morgan fingerprint density at radius 2 is 1.70 bits per heavy atom. The van der Waals surface area contributed by atoms with Gasteiger partial charge in [-0.1, -0.05) is 0 Å². The maximum absolute atomic E-state index is 13.3. The molecule has 130 valence electrons. The molecule has 0 saturated heterocycles. The van der Waals surface area contributed by atoms with Crippen molar-refractivity contribution in [3.63, 3.8) is 0 Å². The van der Waals surface area contributed by atoms with Gasteiger partial charge in [0, 0.05) is 5.69 Å². The number of aliphatic hydroxyl groups is 3. The molecule has 0 aromatic heterocycles. The van der Waals surface area contributed by atoms with Crippen molar-refractivity contribution in [2.24, 2.45) is 0 Å².